The Hall–Kier alpha value is -1.37. The molecule has 110 valence electrons. The second-order valence-corrected chi connectivity index (χ2v) is 5.22. The molecule has 2 atom stereocenters. The predicted octanol–water partition coefficient (Wildman–Crippen LogP) is 2.22. The number of hydrogen-bond donors (Lipinski definition) is 1. The largest absolute Gasteiger partial charge is 0.394 e. The van der Waals surface area contributed by atoms with Gasteiger partial charge in [-0.2, -0.15) is 0 Å². The van der Waals surface area contributed by atoms with Gasteiger partial charge in [0.05, 0.1) is 34.4 Å². The molecule has 2 unspecified atom stereocenters. The fraction of sp³-hybridized carbons (Fsp3) is 0.538. The van der Waals surface area contributed by atoms with Crippen LogP contribution in [0.3, 0.4) is 0 Å². The van der Waals surface area contributed by atoms with Crippen molar-refractivity contribution in [3.8, 4) is 0 Å². The standard InChI is InChI=1S/C13H17ClN2O4/c1-20-11-4-2-10(8-17)15(7-11)13-5-3-9(16(18)19)6-12(13)14/h3,5-6,10-11,17H,2,4,7-8H2,1H3. The average molecular weight is 301 g/mol. The molecule has 1 heterocycles. The topological polar surface area (TPSA) is 75.8 Å². The number of halogens is 1. The van der Waals surface area contributed by atoms with Crippen LogP contribution >= 0.6 is 11.6 Å². The zero-order valence-corrected chi connectivity index (χ0v) is 11.9. The number of benzene rings is 1. The van der Waals surface area contributed by atoms with E-state index >= 15 is 0 Å². The number of anilines is 1. The molecule has 0 aliphatic carbocycles. The first-order valence-corrected chi connectivity index (χ1v) is 6.78. The smallest absolute Gasteiger partial charge is 0.271 e. The Morgan fingerprint density at radius 1 is 1.55 bits per heavy atom. The molecule has 0 radical (unpaired) electrons. The lowest BCUT2D eigenvalue weighted by atomic mass is 9.99. The second kappa shape index (κ2) is 6.39. The fourth-order valence-electron chi connectivity index (χ4n) is 2.51. The monoisotopic (exact) mass is 300 g/mol. The predicted molar refractivity (Wildman–Crippen MR) is 76.4 cm³/mol. The molecule has 2 rings (SSSR count). The van der Waals surface area contributed by atoms with E-state index in [1.807, 2.05) is 4.90 Å². The summed E-state index contributed by atoms with van der Waals surface area (Å²) in [5, 5.41) is 20.5. The quantitative estimate of drug-likeness (QED) is 0.681. The fourth-order valence-corrected chi connectivity index (χ4v) is 2.80. The third kappa shape index (κ3) is 3.03. The van der Waals surface area contributed by atoms with Crippen molar-refractivity contribution in [1.29, 1.82) is 0 Å². The minimum absolute atomic E-state index is 0.0176. The van der Waals surface area contributed by atoms with E-state index < -0.39 is 4.92 Å². The first-order chi connectivity index (χ1) is 9.56. The summed E-state index contributed by atoms with van der Waals surface area (Å²) in [4.78, 5) is 12.2. The van der Waals surface area contributed by atoms with E-state index in [0.717, 1.165) is 12.8 Å². The summed E-state index contributed by atoms with van der Waals surface area (Å²) in [7, 11) is 1.65. The molecule has 1 fully saturated rings. The number of piperidine rings is 1. The third-order valence-electron chi connectivity index (χ3n) is 3.66. The van der Waals surface area contributed by atoms with E-state index in [4.69, 9.17) is 16.3 Å². The molecule has 1 N–H and O–H groups in total. The summed E-state index contributed by atoms with van der Waals surface area (Å²) in [6, 6.07) is 4.34. The lowest BCUT2D eigenvalue weighted by Crippen LogP contribution is -2.48. The highest BCUT2D eigenvalue weighted by atomic mass is 35.5. The van der Waals surface area contributed by atoms with E-state index in [9.17, 15) is 15.2 Å². The van der Waals surface area contributed by atoms with Crippen molar-refractivity contribution in [3.63, 3.8) is 0 Å². The van der Waals surface area contributed by atoms with Crippen molar-refractivity contribution in [1.82, 2.24) is 0 Å². The van der Waals surface area contributed by atoms with E-state index in [2.05, 4.69) is 0 Å². The summed E-state index contributed by atoms with van der Waals surface area (Å²) in [6.07, 6.45) is 1.74. The van der Waals surface area contributed by atoms with Gasteiger partial charge in [0, 0.05) is 25.8 Å². The highest BCUT2D eigenvalue weighted by molar-refractivity contribution is 6.33. The zero-order chi connectivity index (χ0) is 14.7. The summed E-state index contributed by atoms with van der Waals surface area (Å²) < 4.78 is 5.36. The van der Waals surface area contributed by atoms with Gasteiger partial charge in [-0.1, -0.05) is 11.6 Å². The van der Waals surface area contributed by atoms with Crippen LogP contribution < -0.4 is 4.90 Å². The Morgan fingerprint density at radius 3 is 2.85 bits per heavy atom. The van der Waals surface area contributed by atoms with Crippen molar-refractivity contribution in [2.75, 3.05) is 25.2 Å². The molecule has 0 bridgehead atoms. The Bertz CT molecular complexity index is 497. The van der Waals surface area contributed by atoms with Crippen LogP contribution in [0.5, 0.6) is 0 Å². The molecular weight excluding hydrogens is 284 g/mol. The molecule has 0 amide bonds. The van der Waals surface area contributed by atoms with Crippen LogP contribution in [0.1, 0.15) is 12.8 Å². The molecule has 0 aromatic heterocycles. The van der Waals surface area contributed by atoms with Crippen molar-refractivity contribution in [2.45, 2.75) is 25.0 Å². The van der Waals surface area contributed by atoms with Crippen LogP contribution in [-0.2, 0) is 4.74 Å². The van der Waals surface area contributed by atoms with Gasteiger partial charge >= 0.3 is 0 Å². The summed E-state index contributed by atoms with van der Waals surface area (Å²) in [6.45, 7) is 0.628. The maximum absolute atomic E-state index is 10.7. The van der Waals surface area contributed by atoms with Crippen LogP contribution in [0.2, 0.25) is 5.02 Å². The van der Waals surface area contributed by atoms with Gasteiger partial charge in [0.1, 0.15) is 0 Å². The Morgan fingerprint density at radius 2 is 2.30 bits per heavy atom. The number of rotatable bonds is 4. The molecule has 1 saturated heterocycles. The Kier molecular flexibility index (Phi) is 4.80. The Labute approximate surface area is 122 Å². The molecule has 6 nitrogen and oxygen atoms in total. The van der Waals surface area contributed by atoms with E-state index in [1.165, 1.54) is 12.1 Å². The molecule has 1 aliphatic rings. The number of methoxy groups -OCH3 is 1. The maximum atomic E-state index is 10.7. The molecule has 7 heteroatoms. The SMILES string of the molecule is COC1CCC(CO)N(c2ccc([N+](=O)[O-])cc2Cl)C1. The summed E-state index contributed by atoms with van der Waals surface area (Å²) >= 11 is 6.15. The van der Waals surface area contributed by atoms with Crippen LogP contribution in [0.25, 0.3) is 0 Å². The van der Waals surface area contributed by atoms with Gasteiger partial charge in [0.2, 0.25) is 0 Å². The lowest BCUT2D eigenvalue weighted by molar-refractivity contribution is -0.384. The first-order valence-electron chi connectivity index (χ1n) is 6.41. The summed E-state index contributed by atoms with van der Waals surface area (Å²) in [5.41, 5.74) is 0.651. The third-order valence-corrected chi connectivity index (χ3v) is 3.96. The minimum Gasteiger partial charge on any atom is -0.394 e. The number of non-ortho nitro benzene ring substituents is 1. The summed E-state index contributed by atoms with van der Waals surface area (Å²) in [5.74, 6) is 0. The van der Waals surface area contributed by atoms with Gasteiger partial charge in [-0.05, 0) is 18.9 Å². The Balaban J connectivity index is 2.29. The highest BCUT2D eigenvalue weighted by Gasteiger charge is 2.29. The van der Waals surface area contributed by atoms with E-state index in [-0.39, 0.29) is 24.4 Å². The second-order valence-electron chi connectivity index (χ2n) is 4.82. The highest BCUT2D eigenvalue weighted by Crippen LogP contribution is 2.34. The molecule has 1 aliphatic heterocycles. The van der Waals surface area contributed by atoms with E-state index in [1.54, 1.807) is 13.2 Å². The number of hydrogen-bond acceptors (Lipinski definition) is 5. The molecule has 20 heavy (non-hydrogen) atoms. The van der Waals surface area contributed by atoms with Crippen molar-refractivity contribution in [2.24, 2.45) is 0 Å². The molecule has 1 aromatic carbocycles. The van der Waals surface area contributed by atoms with Crippen LogP contribution in [0.4, 0.5) is 11.4 Å². The van der Waals surface area contributed by atoms with Crippen LogP contribution in [0.15, 0.2) is 18.2 Å². The van der Waals surface area contributed by atoms with Crippen molar-refractivity contribution < 1.29 is 14.8 Å². The number of nitrogens with zero attached hydrogens (tertiary/aromatic N) is 2. The van der Waals surface area contributed by atoms with Crippen molar-refractivity contribution >= 4 is 23.0 Å². The lowest BCUT2D eigenvalue weighted by Gasteiger charge is -2.40. The molecule has 1 aromatic rings. The van der Waals surface area contributed by atoms with Gasteiger partial charge in [-0.25, -0.2) is 0 Å². The number of ether oxygens (including phenoxy) is 1. The molecule has 0 saturated carbocycles. The van der Waals surface area contributed by atoms with Gasteiger partial charge in [-0.15, -0.1) is 0 Å². The molecule has 0 spiro atoms. The first kappa shape index (κ1) is 15.0. The number of nitro groups is 1. The van der Waals surface area contributed by atoms with Gasteiger partial charge in [-0.3, -0.25) is 10.1 Å². The minimum atomic E-state index is -0.479. The van der Waals surface area contributed by atoms with Crippen LogP contribution in [-0.4, -0.2) is 42.4 Å². The van der Waals surface area contributed by atoms with Gasteiger partial charge in [0.25, 0.3) is 5.69 Å². The number of aliphatic hydroxyl groups is 1. The molecular formula is C13H17ClN2O4. The number of aliphatic hydroxyl groups excluding tert-OH is 1. The van der Waals surface area contributed by atoms with Crippen LogP contribution in [0, 0.1) is 10.1 Å². The van der Waals surface area contributed by atoms with Gasteiger partial charge in [0.15, 0.2) is 0 Å². The zero-order valence-electron chi connectivity index (χ0n) is 11.2. The van der Waals surface area contributed by atoms with Crippen molar-refractivity contribution in [3.05, 3.63) is 33.3 Å². The number of nitro benzene ring substituents is 1. The van der Waals surface area contributed by atoms with E-state index in [0.29, 0.717) is 17.3 Å². The van der Waals surface area contributed by atoms with Gasteiger partial charge < -0.3 is 14.7 Å². The normalized spacial score (nSPS) is 22.9. The maximum Gasteiger partial charge on any atom is 0.271 e. The average Bonchev–Trinajstić information content (AvgIpc) is 2.46.